The molecule has 0 spiro atoms. The van der Waals surface area contributed by atoms with Gasteiger partial charge in [0.1, 0.15) is 0 Å². The van der Waals surface area contributed by atoms with Gasteiger partial charge < -0.3 is 9.64 Å². The third-order valence-corrected chi connectivity index (χ3v) is 5.27. The summed E-state index contributed by atoms with van der Waals surface area (Å²) in [5, 5.41) is 0.743. The van der Waals surface area contributed by atoms with Crippen molar-refractivity contribution in [2.45, 2.75) is 13.0 Å². The molecule has 1 heterocycles. The molecule has 1 aliphatic heterocycles. The molecule has 164 valence electrons. The summed E-state index contributed by atoms with van der Waals surface area (Å²) < 4.78 is 4.98. The van der Waals surface area contributed by atoms with Crippen molar-refractivity contribution in [2.75, 3.05) is 39.8 Å². The minimum absolute atomic E-state index is 0. The Hall–Kier alpha value is -1.56. The van der Waals surface area contributed by atoms with Crippen LogP contribution in [0.5, 0.6) is 0 Å². The Labute approximate surface area is 196 Å². The summed E-state index contributed by atoms with van der Waals surface area (Å²) in [5.41, 5.74) is 3.41. The Kier molecular flexibility index (Phi) is 11.5. The summed E-state index contributed by atoms with van der Waals surface area (Å²) in [7, 11) is 2.16. The van der Waals surface area contributed by atoms with Crippen LogP contribution >= 0.6 is 36.4 Å². The first-order valence-electron chi connectivity index (χ1n) is 9.69. The molecule has 3 rings (SSSR count). The van der Waals surface area contributed by atoms with Gasteiger partial charge in [-0.1, -0.05) is 41.9 Å². The number of halogens is 3. The molecule has 1 aliphatic rings. The third-order valence-electron chi connectivity index (χ3n) is 5.01. The molecule has 0 N–H and O–H groups in total. The lowest BCUT2D eigenvalue weighted by molar-refractivity contribution is -0.137. The van der Waals surface area contributed by atoms with Crippen molar-refractivity contribution in [3.05, 3.63) is 76.3 Å². The van der Waals surface area contributed by atoms with Gasteiger partial charge in [-0.2, -0.15) is 0 Å². The maximum Gasteiger partial charge on any atom is 0.330 e. The number of esters is 1. The van der Waals surface area contributed by atoms with Gasteiger partial charge >= 0.3 is 5.97 Å². The topological polar surface area (TPSA) is 32.8 Å². The van der Waals surface area contributed by atoms with Crippen LogP contribution in [0.2, 0.25) is 5.02 Å². The number of rotatable bonds is 6. The molecular formula is C23H29Cl3N2O2. The first kappa shape index (κ1) is 26.5. The number of ether oxygens (including phenoxy) is 1. The number of benzene rings is 2. The summed E-state index contributed by atoms with van der Waals surface area (Å²) in [6.07, 6.45) is 3.29. The predicted octanol–water partition coefficient (Wildman–Crippen LogP) is 5.10. The second-order valence-electron chi connectivity index (χ2n) is 7.05. The van der Waals surface area contributed by atoms with Gasteiger partial charge in [-0.3, -0.25) is 4.90 Å². The largest absolute Gasteiger partial charge is 0.463 e. The van der Waals surface area contributed by atoms with Gasteiger partial charge in [0.2, 0.25) is 0 Å². The number of hydrogen-bond acceptors (Lipinski definition) is 4. The van der Waals surface area contributed by atoms with Gasteiger partial charge in [-0.25, -0.2) is 4.79 Å². The Bertz CT molecular complexity index is 819. The highest BCUT2D eigenvalue weighted by atomic mass is 35.5. The highest BCUT2D eigenvalue weighted by Crippen LogP contribution is 2.31. The molecule has 0 bridgehead atoms. The molecule has 7 heteroatoms. The van der Waals surface area contributed by atoms with Gasteiger partial charge in [-0.05, 0) is 54.9 Å². The fraction of sp³-hybridized carbons (Fsp3) is 0.348. The monoisotopic (exact) mass is 470 g/mol. The molecule has 0 saturated carbocycles. The average Bonchev–Trinajstić information content (AvgIpc) is 2.70. The molecule has 0 aliphatic carbocycles. The lowest BCUT2D eigenvalue weighted by atomic mass is 9.95. The van der Waals surface area contributed by atoms with E-state index in [0.717, 1.165) is 36.8 Å². The van der Waals surface area contributed by atoms with Crippen LogP contribution in [-0.2, 0) is 9.53 Å². The van der Waals surface area contributed by atoms with Crippen molar-refractivity contribution in [2.24, 2.45) is 0 Å². The minimum atomic E-state index is -0.318. The van der Waals surface area contributed by atoms with E-state index < -0.39 is 0 Å². The van der Waals surface area contributed by atoms with E-state index in [1.807, 2.05) is 30.3 Å². The summed E-state index contributed by atoms with van der Waals surface area (Å²) >= 11 is 6.12. The Morgan fingerprint density at radius 1 is 1.07 bits per heavy atom. The Morgan fingerprint density at radius 3 is 2.37 bits per heavy atom. The van der Waals surface area contributed by atoms with E-state index in [-0.39, 0.29) is 36.8 Å². The highest BCUT2D eigenvalue weighted by molar-refractivity contribution is 6.30. The summed E-state index contributed by atoms with van der Waals surface area (Å²) in [6, 6.07) is 16.6. The van der Waals surface area contributed by atoms with Crippen LogP contribution in [0.25, 0.3) is 6.08 Å². The van der Waals surface area contributed by atoms with Crippen LogP contribution in [0.1, 0.15) is 29.7 Å². The number of likely N-dealkylation sites (N-methyl/N-ethyl adjacent to an activating group) is 1. The van der Waals surface area contributed by atoms with Crippen LogP contribution < -0.4 is 0 Å². The second kappa shape index (κ2) is 13.0. The van der Waals surface area contributed by atoms with Gasteiger partial charge in [0, 0.05) is 37.3 Å². The molecule has 2 aromatic carbocycles. The standard InChI is InChI=1S/C23H27ClN2O2.2ClH/c1-3-28-22(27)12-7-18-5-4-6-20(17-18)23(19-8-10-21(24)11-9-19)26-15-13-25(2)14-16-26;;/h4-12,17,23H,3,13-16H2,1-2H3;2*1H/b12-7+;;. The summed E-state index contributed by atoms with van der Waals surface area (Å²) in [6.45, 7) is 6.29. The number of carbonyl (C=O) groups is 1. The van der Waals surface area contributed by atoms with Crippen molar-refractivity contribution < 1.29 is 9.53 Å². The van der Waals surface area contributed by atoms with Crippen molar-refractivity contribution in [1.29, 1.82) is 0 Å². The van der Waals surface area contributed by atoms with Crippen LogP contribution in [0.3, 0.4) is 0 Å². The Balaban J connectivity index is 0.00000225. The van der Waals surface area contributed by atoms with Crippen LogP contribution in [0, 0.1) is 0 Å². The van der Waals surface area contributed by atoms with Gasteiger partial charge in [0.25, 0.3) is 0 Å². The lowest BCUT2D eigenvalue weighted by Crippen LogP contribution is -2.46. The minimum Gasteiger partial charge on any atom is -0.463 e. The van der Waals surface area contributed by atoms with E-state index in [2.05, 4.69) is 41.1 Å². The molecule has 0 amide bonds. The van der Waals surface area contributed by atoms with E-state index in [0.29, 0.717) is 6.61 Å². The molecular weight excluding hydrogens is 443 g/mol. The zero-order chi connectivity index (χ0) is 19.9. The van der Waals surface area contributed by atoms with Crippen LogP contribution in [0.15, 0.2) is 54.6 Å². The maximum atomic E-state index is 11.6. The van der Waals surface area contributed by atoms with Crippen molar-refractivity contribution >= 4 is 48.5 Å². The molecule has 1 fully saturated rings. The smallest absolute Gasteiger partial charge is 0.330 e. The number of nitrogens with zero attached hydrogens (tertiary/aromatic N) is 2. The molecule has 0 aromatic heterocycles. The molecule has 1 atom stereocenters. The predicted molar refractivity (Wildman–Crippen MR) is 129 cm³/mol. The van der Waals surface area contributed by atoms with E-state index in [1.54, 1.807) is 6.92 Å². The second-order valence-corrected chi connectivity index (χ2v) is 7.49. The van der Waals surface area contributed by atoms with Crippen molar-refractivity contribution in [3.8, 4) is 0 Å². The van der Waals surface area contributed by atoms with E-state index >= 15 is 0 Å². The zero-order valence-corrected chi connectivity index (χ0v) is 19.7. The lowest BCUT2D eigenvalue weighted by Gasteiger charge is -2.38. The van der Waals surface area contributed by atoms with Gasteiger partial charge in [-0.15, -0.1) is 24.8 Å². The third kappa shape index (κ3) is 7.29. The molecule has 0 radical (unpaired) electrons. The fourth-order valence-electron chi connectivity index (χ4n) is 3.53. The summed E-state index contributed by atoms with van der Waals surface area (Å²) in [4.78, 5) is 16.5. The molecule has 1 unspecified atom stereocenters. The van der Waals surface area contributed by atoms with Crippen molar-refractivity contribution in [1.82, 2.24) is 9.80 Å². The van der Waals surface area contributed by atoms with Crippen LogP contribution in [-0.4, -0.2) is 55.6 Å². The number of hydrogen-bond donors (Lipinski definition) is 0. The normalized spacial score (nSPS) is 15.8. The van der Waals surface area contributed by atoms with E-state index in [9.17, 15) is 4.79 Å². The van der Waals surface area contributed by atoms with E-state index in [1.165, 1.54) is 17.2 Å². The van der Waals surface area contributed by atoms with Gasteiger partial charge in [0.05, 0.1) is 12.6 Å². The SMILES string of the molecule is CCOC(=O)/C=C/c1cccc(C(c2ccc(Cl)cc2)N2CCN(C)CC2)c1.Cl.Cl. The highest BCUT2D eigenvalue weighted by Gasteiger charge is 2.25. The maximum absolute atomic E-state index is 11.6. The van der Waals surface area contributed by atoms with Crippen molar-refractivity contribution in [3.63, 3.8) is 0 Å². The van der Waals surface area contributed by atoms with Crippen LogP contribution in [0.4, 0.5) is 0 Å². The Morgan fingerprint density at radius 2 is 1.73 bits per heavy atom. The van der Waals surface area contributed by atoms with E-state index in [4.69, 9.17) is 16.3 Å². The molecule has 1 saturated heterocycles. The average molecular weight is 472 g/mol. The van der Waals surface area contributed by atoms with Gasteiger partial charge in [0.15, 0.2) is 0 Å². The summed E-state index contributed by atoms with van der Waals surface area (Å²) in [5.74, 6) is -0.318. The first-order valence-corrected chi connectivity index (χ1v) is 10.1. The first-order chi connectivity index (χ1) is 13.6. The molecule has 2 aromatic rings. The fourth-order valence-corrected chi connectivity index (χ4v) is 3.65. The number of piperazine rings is 1. The zero-order valence-electron chi connectivity index (χ0n) is 17.3. The molecule has 30 heavy (non-hydrogen) atoms. The quantitative estimate of drug-likeness (QED) is 0.434. The molecule has 4 nitrogen and oxygen atoms in total. The number of carbonyl (C=O) groups excluding carboxylic acids is 1.